The molecule has 0 amide bonds. The van der Waals surface area contributed by atoms with Crippen molar-refractivity contribution in [2.75, 3.05) is 18.5 Å². The summed E-state index contributed by atoms with van der Waals surface area (Å²) in [5.74, 6) is 0. The van der Waals surface area contributed by atoms with E-state index in [1.807, 2.05) is 0 Å². The Morgan fingerprint density at radius 3 is 2.47 bits per heavy atom. The van der Waals surface area contributed by atoms with Crippen molar-refractivity contribution in [2.45, 2.75) is 45.2 Å². The first-order chi connectivity index (χ1) is 8.31. The molecule has 0 unspecified atom stereocenters. The van der Waals surface area contributed by atoms with Crippen LogP contribution in [0.3, 0.4) is 0 Å². The molecule has 0 heterocycles. The highest BCUT2D eigenvalue weighted by molar-refractivity contribution is 5.48. The Labute approximate surface area is 105 Å². The van der Waals surface area contributed by atoms with Gasteiger partial charge < -0.3 is 10.2 Å². The summed E-state index contributed by atoms with van der Waals surface area (Å²) in [7, 11) is 2.22. The van der Waals surface area contributed by atoms with Crippen molar-refractivity contribution < 1.29 is 0 Å². The molecule has 0 spiro atoms. The van der Waals surface area contributed by atoms with Gasteiger partial charge >= 0.3 is 0 Å². The zero-order chi connectivity index (χ0) is 12.1. The molecule has 1 aromatic carbocycles. The second-order valence-corrected chi connectivity index (χ2v) is 5.04. The Balaban J connectivity index is 1.88. The number of hydrogen-bond donors (Lipinski definition) is 1. The monoisotopic (exact) mass is 232 g/mol. The molecule has 0 bridgehead atoms. The Morgan fingerprint density at radius 2 is 1.94 bits per heavy atom. The minimum absolute atomic E-state index is 0.777. The SMILES string of the molecule is CCCNCc1ccc(N(C)C2CCC2)cc1. The second-order valence-electron chi connectivity index (χ2n) is 5.04. The Morgan fingerprint density at radius 1 is 1.24 bits per heavy atom. The first kappa shape index (κ1) is 12.4. The minimum Gasteiger partial charge on any atom is -0.372 e. The molecule has 2 rings (SSSR count). The molecule has 1 saturated carbocycles. The van der Waals surface area contributed by atoms with Gasteiger partial charge in [0.2, 0.25) is 0 Å². The van der Waals surface area contributed by atoms with Crippen LogP contribution < -0.4 is 10.2 Å². The summed E-state index contributed by atoms with van der Waals surface area (Å²) in [5, 5.41) is 3.43. The largest absolute Gasteiger partial charge is 0.372 e. The number of anilines is 1. The molecule has 0 aromatic heterocycles. The van der Waals surface area contributed by atoms with Gasteiger partial charge in [-0.3, -0.25) is 0 Å². The molecule has 1 aromatic rings. The normalized spacial score (nSPS) is 15.6. The van der Waals surface area contributed by atoms with Crippen LogP contribution in [0.15, 0.2) is 24.3 Å². The quantitative estimate of drug-likeness (QED) is 0.758. The molecule has 2 nitrogen and oxygen atoms in total. The molecule has 94 valence electrons. The molecule has 1 aliphatic carbocycles. The molecule has 0 saturated heterocycles. The molecule has 1 aliphatic rings. The summed E-state index contributed by atoms with van der Waals surface area (Å²) < 4.78 is 0. The number of rotatable bonds is 6. The van der Waals surface area contributed by atoms with Crippen LogP contribution in [0.1, 0.15) is 38.2 Å². The van der Waals surface area contributed by atoms with Gasteiger partial charge in [0.25, 0.3) is 0 Å². The molecular weight excluding hydrogens is 208 g/mol. The van der Waals surface area contributed by atoms with E-state index in [1.54, 1.807) is 0 Å². The van der Waals surface area contributed by atoms with Crippen LogP contribution >= 0.6 is 0 Å². The predicted molar refractivity (Wildman–Crippen MR) is 74.5 cm³/mol. The maximum atomic E-state index is 3.43. The van der Waals surface area contributed by atoms with Crippen LogP contribution in [0.2, 0.25) is 0 Å². The molecule has 0 aliphatic heterocycles. The van der Waals surface area contributed by atoms with Gasteiger partial charge in [0.05, 0.1) is 0 Å². The maximum absolute atomic E-state index is 3.43. The van der Waals surface area contributed by atoms with Gasteiger partial charge in [0.1, 0.15) is 0 Å². The molecule has 0 radical (unpaired) electrons. The van der Waals surface area contributed by atoms with Crippen molar-refractivity contribution in [1.82, 2.24) is 5.32 Å². The van der Waals surface area contributed by atoms with Crippen LogP contribution in [0, 0.1) is 0 Å². The summed E-state index contributed by atoms with van der Waals surface area (Å²) in [6.45, 7) is 4.29. The summed E-state index contributed by atoms with van der Waals surface area (Å²) in [5.41, 5.74) is 2.73. The zero-order valence-corrected chi connectivity index (χ0v) is 11.1. The van der Waals surface area contributed by atoms with Crippen molar-refractivity contribution in [3.05, 3.63) is 29.8 Å². The highest BCUT2D eigenvalue weighted by atomic mass is 15.1. The third kappa shape index (κ3) is 3.22. The van der Waals surface area contributed by atoms with E-state index < -0.39 is 0 Å². The van der Waals surface area contributed by atoms with Crippen LogP contribution in [-0.4, -0.2) is 19.6 Å². The minimum atomic E-state index is 0.777. The van der Waals surface area contributed by atoms with Crippen LogP contribution in [0.4, 0.5) is 5.69 Å². The highest BCUT2D eigenvalue weighted by Gasteiger charge is 2.21. The average Bonchev–Trinajstić information content (AvgIpc) is 2.28. The smallest absolute Gasteiger partial charge is 0.0366 e. The van der Waals surface area contributed by atoms with E-state index in [0.29, 0.717) is 0 Å². The number of nitrogens with zero attached hydrogens (tertiary/aromatic N) is 1. The third-order valence-corrected chi connectivity index (χ3v) is 3.72. The van der Waals surface area contributed by atoms with Crippen molar-refractivity contribution in [3.63, 3.8) is 0 Å². The van der Waals surface area contributed by atoms with Gasteiger partial charge in [0, 0.05) is 25.3 Å². The molecule has 1 N–H and O–H groups in total. The van der Waals surface area contributed by atoms with Gasteiger partial charge in [-0.2, -0.15) is 0 Å². The number of hydrogen-bond acceptors (Lipinski definition) is 2. The molecule has 0 atom stereocenters. The van der Waals surface area contributed by atoms with Crippen LogP contribution in [-0.2, 0) is 6.54 Å². The van der Waals surface area contributed by atoms with Gasteiger partial charge in [-0.1, -0.05) is 19.1 Å². The highest BCUT2D eigenvalue weighted by Crippen LogP contribution is 2.28. The van der Waals surface area contributed by atoms with Crippen molar-refractivity contribution >= 4 is 5.69 Å². The van der Waals surface area contributed by atoms with Crippen molar-refractivity contribution in [3.8, 4) is 0 Å². The van der Waals surface area contributed by atoms with Crippen LogP contribution in [0.25, 0.3) is 0 Å². The van der Waals surface area contributed by atoms with E-state index in [2.05, 4.69) is 48.5 Å². The molecule has 17 heavy (non-hydrogen) atoms. The van der Waals surface area contributed by atoms with Crippen molar-refractivity contribution in [2.24, 2.45) is 0 Å². The van der Waals surface area contributed by atoms with E-state index in [4.69, 9.17) is 0 Å². The summed E-state index contributed by atoms with van der Waals surface area (Å²) in [4.78, 5) is 2.42. The molecule has 1 fully saturated rings. The zero-order valence-electron chi connectivity index (χ0n) is 11.1. The van der Waals surface area contributed by atoms with E-state index in [-0.39, 0.29) is 0 Å². The Kier molecular flexibility index (Phi) is 4.43. The standard InChI is InChI=1S/C15H24N2/c1-3-11-16-12-13-7-9-15(10-8-13)17(2)14-5-4-6-14/h7-10,14,16H,3-6,11-12H2,1-2H3. The van der Waals surface area contributed by atoms with Gasteiger partial charge in [-0.15, -0.1) is 0 Å². The lowest BCUT2D eigenvalue weighted by molar-refractivity contribution is 0.401. The Bertz CT molecular complexity index is 327. The average molecular weight is 232 g/mol. The number of nitrogens with one attached hydrogen (secondary N) is 1. The van der Waals surface area contributed by atoms with Gasteiger partial charge in [-0.05, 0) is 49.9 Å². The lowest BCUT2D eigenvalue weighted by Crippen LogP contribution is -2.37. The maximum Gasteiger partial charge on any atom is 0.0366 e. The topological polar surface area (TPSA) is 15.3 Å². The Hall–Kier alpha value is -1.02. The summed E-state index contributed by atoms with van der Waals surface area (Å²) >= 11 is 0. The van der Waals surface area contributed by atoms with E-state index >= 15 is 0 Å². The van der Waals surface area contributed by atoms with E-state index in [0.717, 1.165) is 19.1 Å². The summed E-state index contributed by atoms with van der Waals surface area (Å²) in [6.07, 6.45) is 5.31. The van der Waals surface area contributed by atoms with Gasteiger partial charge in [-0.25, -0.2) is 0 Å². The first-order valence-corrected chi connectivity index (χ1v) is 6.83. The third-order valence-electron chi connectivity index (χ3n) is 3.72. The van der Waals surface area contributed by atoms with Gasteiger partial charge in [0.15, 0.2) is 0 Å². The van der Waals surface area contributed by atoms with E-state index in [1.165, 1.54) is 36.9 Å². The fourth-order valence-electron chi connectivity index (χ4n) is 2.24. The second kappa shape index (κ2) is 6.06. The lowest BCUT2D eigenvalue weighted by Gasteiger charge is -2.36. The first-order valence-electron chi connectivity index (χ1n) is 6.83. The fourth-order valence-corrected chi connectivity index (χ4v) is 2.24. The van der Waals surface area contributed by atoms with Crippen LogP contribution in [0.5, 0.6) is 0 Å². The lowest BCUT2D eigenvalue weighted by atomic mass is 9.91. The van der Waals surface area contributed by atoms with E-state index in [9.17, 15) is 0 Å². The predicted octanol–water partition coefficient (Wildman–Crippen LogP) is 3.17. The number of benzene rings is 1. The molecule has 2 heteroatoms. The fraction of sp³-hybridized carbons (Fsp3) is 0.600. The summed E-state index contributed by atoms with van der Waals surface area (Å²) in [6, 6.07) is 9.77. The van der Waals surface area contributed by atoms with Crippen molar-refractivity contribution in [1.29, 1.82) is 0 Å². The molecular formula is C15H24N2.